The number of pyridine rings is 1. The molecule has 8 heteroatoms. The molecule has 0 atom stereocenters. The molecule has 0 bridgehead atoms. The predicted molar refractivity (Wildman–Crippen MR) is 118 cm³/mol. The molecule has 4 rings (SSSR count). The van der Waals surface area contributed by atoms with Crippen LogP contribution in [0.4, 0.5) is 0 Å². The molecule has 0 fully saturated rings. The molecule has 7 nitrogen and oxygen atoms in total. The average Bonchev–Trinajstić information content (AvgIpc) is 3.12. The van der Waals surface area contributed by atoms with Gasteiger partial charge in [-0.25, -0.2) is 9.59 Å². The molecule has 4 aromatic rings. The summed E-state index contributed by atoms with van der Waals surface area (Å²) < 4.78 is 7.85. The van der Waals surface area contributed by atoms with E-state index in [1.807, 2.05) is 37.3 Å². The third kappa shape index (κ3) is 3.13. The maximum atomic E-state index is 13.0. The summed E-state index contributed by atoms with van der Waals surface area (Å²) in [6.07, 6.45) is 2.16. The molecule has 0 unspecified atom stereocenters. The molecule has 154 valence electrons. The fourth-order valence-corrected chi connectivity index (χ4v) is 5.04. The molecule has 0 saturated heterocycles. The molecular weight excluding hydrogens is 402 g/mol. The minimum Gasteiger partial charge on any atom is -0.462 e. The Morgan fingerprint density at radius 1 is 1.17 bits per heavy atom. The molecule has 0 amide bonds. The van der Waals surface area contributed by atoms with Gasteiger partial charge >= 0.3 is 11.7 Å². The summed E-state index contributed by atoms with van der Waals surface area (Å²) >= 11 is 1.30. The Kier molecular flexibility index (Phi) is 5.26. The highest BCUT2D eigenvalue weighted by atomic mass is 32.1. The number of carbonyl (C=O) groups is 1. The van der Waals surface area contributed by atoms with Crippen LogP contribution in [0.1, 0.15) is 34.6 Å². The summed E-state index contributed by atoms with van der Waals surface area (Å²) in [4.78, 5) is 44.0. The summed E-state index contributed by atoms with van der Waals surface area (Å²) in [6.45, 7) is 4.15. The minimum absolute atomic E-state index is 0.196. The van der Waals surface area contributed by atoms with Crippen LogP contribution in [0.25, 0.3) is 21.1 Å². The van der Waals surface area contributed by atoms with Crippen LogP contribution in [0.15, 0.2) is 46.1 Å². The number of aryl methyl sites for hydroxylation is 1. The summed E-state index contributed by atoms with van der Waals surface area (Å²) in [5.74, 6) is -0.546. The van der Waals surface area contributed by atoms with E-state index in [4.69, 9.17) is 4.74 Å². The van der Waals surface area contributed by atoms with E-state index in [-0.39, 0.29) is 17.6 Å². The summed E-state index contributed by atoms with van der Waals surface area (Å²) in [5.41, 5.74) is 1.22. The Balaban J connectivity index is 2.03. The monoisotopic (exact) mass is 423 g/mol. The zero-order chi connectivity index (χ0) is 21.4. The van der Waals surface area contributed by atoms with Crippen molar-refractivity contribution < 1.29 is 9.53 Å². The van der Waals surface area contributed by atoms with Crippen LogP contribution < -0.4 is 11.2 Å². The van der Waals surface area contributed by atoms with Crippen molar-refractivity contribution in [2.45, 2.75) is 26.8 Å². The average molecular weight is 423 g/mol. The number of hydrogen-bond acceptors (Lipinski definition) is 6. The van der Waals surface area contributed by atoms with Crippen LogP contribution in [0.2, 0.25) is 0 Å². The van der Waals surface area contributed by atoms with Crippen molar-refractivity contribution >= 4 is 38.4 Å². The molecule has 3 aromatic heterocycles. The summed E-state index contributed by atoms with van der Waals surface area (Å²) in [5, 5.41) is 1.23. The number of hydrogen-bond donors (Lipinski definition) is 0. The Hall–Kier alpha value is -3.26. The van der Waals surface area contributed by atoms with Gasteiger partial charge in [0.15, 0.2) is 0 Å². The van der Waals surface area contributed by atoms with Crippen molar-refractivity contribution in [1.82, 2.24) is 14.1 Å². The topological polar surface area (TPSA) is 83.2 Å². The van der Waals surface area contributed by atoms with Crippen LogP contribution in [-0.4, -0.2) is 26.7 Å². The summed E-state index contributed by atoms with van der Waals surface area (Å²) in [7, 11) is 1.43. The molecule has 0 aliphatic rings. The number of fused-ring (bicyclic) bond motifs is 2. The van der Waals surface area contributed by atoms with Gasteiger partial charge in [-0.3, -0.25) is 18.9 Å². The van der Waals surface area contributed by atoms with Gasteiger partial charge in [0, 0.05) is 36.5 Å². The van der Waals surface area contributed by atoms with Crippen LogP contribution >= 0.6 is 11.3 Å². The van der Waals surface area contributed by atoms with Gasteiger partial charge in [0.05, 0.1) is 23.1 Å². The number of aromatic nitrogens is 3. The molecule has 0 radical (unpaired) electrons. The highest BCUT2D eigenvalue weighted by Crippen LogP contribution is 2.32. The zero-order valence-electron chi connectivity index (χ0n) is 17.0. The second-order valence-electron chi connectivity index (χ2n) is 6.86. The lowest BCUT2D eigenvalue weighted by Gasteiger charge is -2.08. The standard InChI is InChI=1S/C22H21N3O4S/c1-4-25-20-18(19(26)24(3)22(25)28)17(21(27)29-5-2)16(30-20)12-13-10-11-23-15-9-7-6-8-14(13)15/h6-11H,4-5,12H2,1-3H3. The molecule has 1 aromatic carbocycles. The number of rotatable bonds is 5. The first-order valence-corrected chi connectivity index (χ1v) is 10.5. The first-order chi connectivity index (χ1) is 14.5. The van der Waals surface area contributed by atoms with Crippen LogP contribution in [-0.2, 0) is 24.8 Å². The largest absolute Gasteiger partial charge is 0.462 e. The van der Waals surface area contributed by atoms with Gasteiger partial charge in [-0.15, -0.1) is 11.3 Å². The number of ether oxygens (including phenoxy) is 1. The Labute approximate surface area is 176 Å². The van der Waals surface area contributed by atoms with Gasteiger partial charge in [0.2, 0.25) is 0 Å². The first-order valence-electron chi connectivity index (χ1n) is 9.72. The van der Waals surface area contributed by atoms with Crippen LogP contribution in [0, 0.1) is 0 Å². The fraction of sp³-hybridized carbons (Fsp3) is 0.273. The molecule has 3 heterocycles. The highest BCUT2D eigenvalue weighted by Gasteiger charge is 2.26. The molecular formula is C22H21N3O4S. The molecule has 0 spiro atoms. The van der Waals surface area contributed by atoms with Crippen molar-refractivity contribution in [2.24, 2.45) is 7.05 Å². The number of thiophene rings is 1. The van der Waals surface area contributed by atoms with Gasteiger partial charge in [0.25, 0.3) is 5.56 Å². The number of carbonyl (C=O) groups excluding carboxylic acids is 1. The minimum atomic E-state index is -0.546. The van der Waals surface area contributed by atoms with Crippen molar-refractivity contribution in [1.29, 1.82) is 0 Å². The molecule has 0 saturated carbocycles. The van der Waals surface area contributed by atoms with E-state index < -0.39 is 17.2 Å². The number of esters is 1. The molecule has 0 N–H and O–H groups in total. The Morgan fingerprint density at radius 2 is 1.93 bits per heavy atom. The number of nitrogens with zero attached hydrogens (tertiary/aromatic N) is 3. The van der Waals surface area contributed by atoms with Gasteiger partial charge in [0.1, 0.15) is 4.83 Å². The van der Waals surface area contributed by atoms with Crippen molar-refractivity contribution in [3.8, 4) is 0 Å². The maximum Gasteiger partial charge on any atom is 0.340 e. The van der Waals surface area contributed by atoms with E-state index in [0.717, 1.165) is 21.0 Å². The second-order valence-corrected chi connectivity index (χ2v) is 7.94. The van der Waals surface area contributed by atoms with E-state index in [2.05, 4.69) is 4.98 Å². The van der Waals surface area contributed by atoms with E-state index in [1.165, 1.54) is 23.0 Å². The van der Waals surface area contributed by atoms with E-state index in [0.29, 0.717) is 22.7 Å². The normalized spacial score (nSPS) is 11.3. The second kappa shape index (κ2) is 7.87. The quantitative estimate of drug-likeness (QED) is 0.461. The lowest BCUT2D eigenvalue weighted by Crippen LogP contribution is -2.37. The van der Waals surface area contributed by atoms with Crippen molar-refractivity contribution in [2.75, 3.05) is 6.61 Å². The van der Waals surface area contributed by atoms with E-state index >= 15 is 0 Å². The van der Waals surface area contributed by atoms with E-state index in [1.54, 1.807) is 13.1 Å². The van der Waals surface area contributed by atoms with Crippen LogP contribution in [0.3, 0.4) is 0 Å². The lowest BCUT2D eigenvalue weighted by atomic mass is 10.0. The van der Waals surface area contributed by atoms with Crippen LogP contribution in [0.5, 0.6) is 0 Å². The predicted octanol–water partition coefficient (Wildman–Crippen LogP) is 3.10. The van der Waals surface area contributed by atoms with Gasteiger partial charge < -0.3 is 4.74 Å². The summed E-state index contributed by atoms with van der Waals surface area (Å²) in [6, 6.07) is 9.69. The maximum absolute atomic E-state index is 13.0. The smallest absolute Gasteiger partial charge is 0.340 e. The number of benzene rings is 1. The van der Waals surface area contributed by atoms with Crippen molar-refractivity contribution in [3.05, 3.63) is 73.4 Å². The molecule has 0 aliphatic heterocycles. The van der Waals surface area contributed by atoms with Gasteiger partial charge in [-0.05, 0) is 31.5 Å². The lowest BCUT2D eigenvalue weighted by molar-refractivity contribution is 0.0528. The SMILES string of the molecule is CCOC(=O)c1c(Cc2ccnc3ccccc23)sc2c1c(=O)n(C)c(=O)n2CC. The van der Waals surface area contributed by atoms with E-state index in [9.17, 15) is 14.4 Å². The Bertz CT molecular complexity index is 1390. The van der Waals surface area contributed by atoms with Gasteiger partial charge in [-0.2, -0.15) is 0 Å². The molecule has 0 aliphatic carbocycles. The number of para-hydroxylation sites is 1. The van der Waals surface area contributed by atoms with Crippen molar-refractivity contribution in [3.63, 3.8) is 0 Å². The fourth-order valence-electron chi connectivity index (χ4n) is 3.68. The third-order valence-corrected chi connectivity index (χ3v) is 6.34. The zero-order valence-corrected chi connectivity index (χ0v) is 17.8. The Morgan fingerprint density at radius 3 is 2.67 bits per heavy atom. The third-order valence-electron chi connectivity index (χ3n) is 5.13. The first kappa shape index (κ1) is 20.0. The highest BCUT2D eigenvalue weighted by molar-refractivity contribution is 7.19. The molecule has 30 heavy (non-hydrogen) atoms. The van der Waals surface area contributed by atoms with Gasteiger partial charge in [-0.1, -0.05) is 18.2 Å².